The van der Waals surface area contributed by atoms with E-state index in [1.165, 1.54) is 11.1 Å². The molecule has 100 valence electrons. The molecule has 0 aliphatic carbocycles. The number of aliphatic hydroxyl groups excluding tert-OH is 1. The third kappa shape index (κ3) is 3.49. The molecule has 1 aromatic carbocycles. The monoisotopic (exact) mass is 248 g/mol. The second kappa shape index (κ2) is 5.75. The van der Waals surface area contributed by atoms with Crippen LogP contribution in [0.2, 0.25) is 0 Å². The van der Waals surface area contributed by atoms with Crippen molar-refractivity contribution in [2.24, 2.45) is 5.92 Å². The van der Waals surface area contributed by atoms with Crippen LogP contribution in [0.5, 0.6) is 5.75 Å². The van der Waals surface area contributed by atoms with Crippen molar-refractivity contribution in [2.45, 2.75) is 58.7 Å². The second-order valence-electron chi connectivity index (χ2n) is 5.92. The first-order valence-corrected chi connectivity index (χ1v) is 6.99. The highest BCUT2D eigenvalue weighted by Gasteiger charge is 2.23. The van der Waals surface area contributed by atoms with Crippen LogP contribution in [0.1, 0.15) is 44.2 Å². The lowest BCUT2D eigenvalue weighted by atomic mass is 9.99. The molecule has 2 heteroatoms. The normalized spacial score (nSPS) is 19.7. The lowest BCUT2D eigenvalue weighted by Crippen LogP contribution is -2.18. The maximum Gasteiger partial charge on any atom is 0.123 e. The van der Waals surface area contributed by atoms with Gasteiger partial charge in [0.25, 0.3) is 0 Å². The van der Waals surface area contributed by atoms with Gasteiger partial charge in [0.2, 0.25) is 0 Å². The Balaban J connectivity index is 1.81. The summed E-state index contributed by atoms with van der Waals surface area (Å²) < 4.78 is 5.91. The Morgan fingerprint density at radius 1 is 1.39 bits per heavy atom. The Kier molecular flexibility index (Phi) is 4.28. The van der Waals surface area contributed by atoms with Gasteiger partial charge in [0.15, 0.2) is 0 Å². The van der Waals surface area contributed by atoms with Crippen molar-refractivity contribution < 1.29 is 9.84 Å². The maximum absolute atomic E-state index is 9.89. The summed E-state index contributed by atoms with van der Waals surface area (Å²) in [6.07, 6.45) is 3.74. The van der Waals surface area contributed by atoms with E-state index in [0.29, 0.717) is 5.92 Å². The first kappa shape index (κ1) is 13.4. The van der Waals surface area contributed by atoms with Gasteiger partial charge in [0.1, 0.15) is 11.9 Å². The van der Waals surface area contributed by atoms with Gasteiger partial charge < -0.3 is 9.84 Å². The number of aryl methyl sites for hydroxylation is 1. The van der Waals surface area contributed by atoms with Crippen LogP contribution in [-0.2, 0) is 6.42 Å². The topological polar surface area (TPSA) is 29.5 Å². The molecule has 0 amide bonds. The highest BCUT2D eigenvalue weighted by atomic mass is 16.5. The number of ether oxygens (including phenoxy) is 1. The predicted octanol–water partition coefficient (Wildman–Crippen LogP) is 3.49. The molecule has 2 atom stereocenters. The highest BCUT2D eigenvalue weighted by Crippen LogP contribution is 2.31. The molecule has 0 aromatic heterocycles. The number of rotatable bonds is 5. The van der Waals surface area contributed by atoms with Gasteiger partial charge in [0, 0.05) is 6.42 Å². The fraction of sp³-hybridized carbons (Fsp3) is 0.625. The Morgan fingerprint density at radius 3 is 2.89 bits per heavy atom. The zero-order valence-corrected chi connectivity index (χ0v) is 11.6. The van der Waals surface area contributed by atoms with Crippen molar-refractivity contribution in [1.29, 1.82) is 0 Å². The van der Waals surface area contributed by atoms with E-state index in [4.69, 9.17) is 4.74 Å². The van der Waals surface area contributed by atoms with Crippen molar-refractivity contribution in [3.8, 4) is 5.75 Å². The van der Waals surface area contributed by atoms with Gasteiger partial charge >= 0.3 is 0 Å². The number of aliphatic hydroxyl groups is 1. The average Bonchev–Trinajstić information content (AvgIpc) is 2.67. The Hall–Kier alpha value is -1.02. The summed E-state index contributed by atoms with van der Waals surface area (Å²) in [5.41, 5.74) is 2.61. The number of hydrogen-bond acceptors (Lipinski definition) is 2. The molecule has 0 radical (unpaired) electrons. The molecule has 1 N–H and O–H groups in total. The Morgan fingerprint density at radius 2 is 2.17 bits per heavy atom. The molecule has 2 unspecified atom stereocenters. The Bertz CT molecular complexity index is 398. The van der Waals surface area contributed by atoms with Crippen LogP contribution in [0.25, 0.3) is 0 Å². The number of fused-ring (bicyclic) bond motifs is 1. The van der Waals surface area contributed by atoms with Crippen LogP contribution in [0.3, 0.4) is 0 Å². The molecular weight excluding hydrogens is 224 g/mol. The number of benzene rings is 1. The first-order valence-electron chi connectivity index (χ1n) is 6.99. The summed E-state index contributed by atoms with van der Waals surface area (Å²) in [5.74, 6) is 1.59. The molecule has 0 saturated heterocycles. The minimum Gasteiger partial charge on any atom is -0.490 e. The molecule has 1 aliphatic rings. The minimum absolute atomic E-state index is 0.181. The lowest BCUT2D eigenvalue weighted by molar-refractivity contribution is 0.116. The largest absolute Gasteiger partial charge is 0.490 e. The smallest absolute Gasteiger partial charge is 0.123 e. The van der Waals surface area contributed by atoms with Crippen molar-refractivity contribution in [2.75, 3.05) is 0 Å². The lowest BCUT2D eigenvalue weighted by Gasteiger charge is -2.15. The number of hydrogen-bond donors (Lipinski definition) is 1. The van der Waals surface area contributed by atoms with E-state index < -0.39 is 0 Å². The van der Waals surface area contributed by atoms with Gasteiger partial charge in [-0.1, -0.05) is 31.5 Å². The molecule has 0 saturated carbocycles. The van der Waals surface area contributed by atoms with E-state index in [0.717, 1.165) is 31.4 Å². The maximum atomic E-state index is 9.89. The van der Waals surface area contributed by atoms with Crippen LogP contribution in [0, 0.1) is 12.8 Å². The van der Waals surface area contributed by atoms with Crippen LogP contribution < -0.4 is 4.74 Å². The van der Waals surface area contributed by atoms with Gasteiger partial charge in [-0.05, 0) is 43.7 Å². The molecule has 2 rings (SSSR count). The van der Waals surface area contributed by atoms with Crippen LogP contribution in [0.4, 0.5) is 0 Å². The van der Waals surface area contributed by atoms with Crippen molar-refractivity contribution in [3.05, 3.63) is 29.3 Å². The van der Waals surface area contributed by atoms with Gasteiger partial charge in [-0.25, -0.2) is 0 Å². The van der Waals surface area contributed by atoms with Gasteiger partial charge in [-0.15, -0.1) is 0 Å². The van der Waals surface area contributed by atoms with Crippen molar-refractivity contribution in [1.82, 2.24) is 0 Å². The highest BCUT2D eigenvalue weighted by molar-refractivity contribution is 5.40. The Labute approximate surface area is 110 Å². The van der Waals surface area contributed by atoms with Crippen molar-refractivity contribution in [3.63, 3.8) is 0 Å². The quantitative estimate of drug-likeness (QED) is 0.864. The standard InChI is InChI=1S/C16H24O2/c1-11(2)8-14(17)5-6-15-10-13-9-12(3)4-7-16(13)18-15/h4,7,9,11,14-15,17H,5-6,8,10H2,1-3H3. The van der Waals surface area contributed by atoms with E-state index in [1.807, 2.05) is 0 Å². The van der Waals surface area contributed by atoms with E-state index >= 15 is 0 Å². The molecule has 0 spiro atoms. The molecule has 0 bridgehead atoms. The minimum atomic E-state index is -0.181. The average molecular weight is 248 g/mol. The fourth-order valence-corrected chi connectivity index (χ4v) is 2.65. The van der Waals surface area contributed by atoms with Crippen LogP contribution >= 0.6 is 0 Å². The fourth-order valence-electron chi connectivity index (χ4n) is 2.65. The van der Waals surface area contributed by atoms with E-state index in [9.17, 15) is 5.11 Å². The molecule has 1 heterocycles. The molecule has 1 aliphatic heterocycles. The summed E-state index contributed by atoms with van der Waals surface area (Å²) in [6, 6.07) is 6.36. The molecule has 2 nitrogen and oxygen atoms in total. The van der Waals surface area contributed by atoms with E-state index in [1.54, 1.807) is 0 Å². The third-order valence-corrected chi connectivity index (χ3v) is 3.52. The van der Waals surface area contributed by atoms with Crippen LogP contribution in [-0.4, -0.2) is 17.3 Å². The SMILES string of the molecule is Cc1ccc2c(c1)CC(CCC(O)CC(C)C)O2. The van der Waals surface area contributed by atoms with E-state index in [2.05, 4.69) is 39.0 Å². The van der Waals surface area contributed by atoms with Crippen LogP contribution in [0.15, 0.2) is 18.2 Å². The van der Waals surface area contributed by atoms with Crippen molar-refractivity contribution >= 4 is 0 Å². The first-order chi connectivity index (χ1) is 8.54. The second-order valence-corrected chi connectivity index (χ2v) is 5.92. The summed E-state index contributed by atoms with van der Waals surface area (Å²) in [5, 5.41) is 9.89. The predicted molar refractivity (Wildman–Crippen MR) is 74.0 cm³/mol. The van der Waals surface area contributed by atoms with Gasteiger partial charge in [0.05, 0.1) is 6.10 Å². The molecule has 18 heavy (non-hydrogen) atoms. The summed E-state index contributed by atoms with van der Waals surface area (Å²) in [6.45, 7) is 6.40. The summed E-state index contributed by atoms with van der Waals surface area (Å²) in [4.78, 5) is 0. The summed E-state index contributed by atoms with van der Waals surface area (Å²) in [7, 11) is 0. The zero-order valence-electron chi connectivity index (χ0n) is 11.6. The summed E-state index contributed by atoms with van der Waals surface area (Å²) >= 11 is 0. The van der Waals surface area contributed by atoms with Gasteiger partial charge in [-0.2, -0.15) is 0 Å². The molecule has 1 aromatic rings. The molecule has 0 fully saturated rings. The van der Waals surface area contributed by atoms with Gasteiger partial charge in [-0.3, -0.25) is 0 Å². The van der Waals surface area contributed by atoms with E-state index in [-0.39, 0.29) is 12.2 Å². The zero-order chi connectivity index (χ0) is 13.1. The molecular formula is C16H24O2. The third-order valence-electron chi connectivity index (χ3n) is 3.52.